The number of rotatable bonds is 7. The van der Waals surface area contributed by atoms with Crippen LogP contribution in [0.3, 0.4) is 0 Å². The van der Waals surface area contributed by atoms with Crippen molar-refractivity contribution in [3.8, 4) is 17.6 Å². The van der Waals surface area contributed by atoms with E-state index in [1.165, 1.54) is 49.6 Å². The number of hydrogen-bond acceptors (Lipinski definition) is 6. The number of methoxy groups -OCH3 is 1. The molecular formula is C24H18Cl2N2O5S. The molecule has 0 radical (unpaired) electrons. The first-order chi connectivity index (χ1) is 16.1. The number of halogens is 2. The molecule has 10 heteroatoms. The fourth-order valence-electron chi connectivity index (χ4n) is 2.88. The molecule has 0 spiro atoms. The summed E-state index contributed by atoms with van der Waals surface area (Å²) in [5.41, 5.74) is 1.54. The number of para-hydroxylation sites is 1. The fraction of sp³-hybridized carbons (Fsp3) is 0.0833. The molecule has 3 aromatic rings. The summed E-state index contributed by atoms with van der Waals surface area (Å²) in [5, 5.41) is 12.4. The maximum Gasteiger partial charge on any atom is 0.339 e. The van der Waals surface area contributed by atoms with E-state index in [1.807, 2.05) is 25.1 Å². The van der Waals surface area contributed by atoms with Crippen LogP contribution in [0.2, 0.25) is 10.0 Å². The van der Waals surface area contributed by atoms with Crippen molar-refractivity contribution in [2.45, 2.75) is 11.8 Å². The van der Waals surface area contributed by atoms with Crippen molar-refractivity contribution in [2.24, 2.45) is 0 Å². The van der Waals surface area contributed by atoms with Gasteiger partial charge in [0.1, 0.15) is 16.5 Å². The Morgan fingerprint density at radius 3 is 2.38 bits per heavy atom. The summed E-state index contributed by atoms with van der Waals surface area (Å²) >= 11 is 12.1. The molecule has 3 rings (SSSR count). The van der Waals surface area contributed by atoms with Crippen molar-refractivity contribution in [1.29, 1.82) is 5.26 Å². The van der Waals surface area contributed by atoms with E-state index in [1.54, 1.807) is 12.1 Å². The van der Waals surface area contributed by atoms with Crippen LogP contribution in [0.15, 0.2) is 71.1 Å². The molecule has 0 aromatic heterocycles. The summed E-state index contributed by atoms with van der Waals surface area (Å²) in [6.07, 6.45) is 1.31. The minimum Gasteiger partial charge on any atom is -0.493 e. The van der Waals surface area contributed by atoms with E-state index >= 15 is 0 Å². The Balaban J connectivity index is 1.92. The van der Waals surface area contributed by atoms with Crippen LogP contribution in [-0.2, 0) is 14.9 Å². The predicted octanol–water partition coefficient (Wildman–Crippen LogP) is 5.62. The molecule has 0 bridgehead atoms. The first-order valence-electron chi connectivity index (χ1n) is 9.71. The Morgan fingerprint density at radius 1 is 1.09 bits per heavy atom. The molecule has 0 fully saturated rings. The van der Waals surface area contributed by atoms with E-state index in [4.69, 9.17) is 32.1 Å². The summed E-state index contributed by atoms with van der Waals surface area (Å²) in [5.74, 6) is -0.857. The van der Waals surface area contributed by atoms with E-state index in [9.17, 15) is 18.5 Å². The van der Waals surface area contributed by atoms with Crippen molar-refractivity contribution < 1.29 is 22.1 Å². The van der Waals surface area contributed by atoms with Crippen LogP contribution in [0.25, 0.3) is 6.08 Å². The van der Waals surface area contributed by atoms with Crippen LogP contribution in [0.4, 0.5) is 5.69 Å². The highest BCUT2D eigenvalue weighted by atomic mass is 35.5. The summed E-state index contributed by atoms with van der Waals surface area (Å²) in [6.45, 7) is 1.83. The average Bonchev–Trinajstić information content (AvgIpc) is 2.80. The van der Waals surface area contributed by atoms with Gasteiger partial charge >= 0.3 is 10.1 Å². The molecule has 0 aliphatic rings. The lowest BCUT2D eigenvalue weighted by Gasteiger charge is -2.13. The molecule has 0 aliphatic carbocycles. The number of carbonyl (C=O) groups excluding carboxylic acids is 1. The third-order valence-electron chi connectivity index (χ3n) is 4.62. The van der Waals surface area contributed by atoms with Gasteiger partial charge in [-0.05, 0) is 66.6 Å². The number of amides is 1. The maximum absolute atomic E-state index is 12.6. The second kappa shape index (κ2) is 10.6. The SMILES string of the molecule is COc1cc(/C=C(\C#N)C(=O)Nc2ccccc2C)cc(Cl)c1OS(=O)(=O)c1ccc(Cl)cc1. The number of hydrogen-bond donors (Lipinski definition) is 1. The largest absolute Gasteiger partial charge is 0.493 e. The second-order valence-electron chi connectivity index (χ2n) is 6.96. The normalized spacial score (nSPS) is 11.4. The molecule has 0 atom stereocenters. The standard InChI is InChI=1S/C24H18Cl2N2O5S/c1-15-5-3-4-6-21(15)28-24(29)17(14-27)11-16-12-20(26)23(22(13-16)32-2)33-34(30,31)19-9-7-18(25)8-10-19/h3-13H,1-2H3,(H,28,29)/b17-11+. The third-order valence-corrected chi connectivity index (χ3v) is 6.38. The van der Waals surface area contributed by atoms with Gasteiger partial charge in [-0.1, -0.05) is 41.4 Å². The number of anilines is 1. The Morgan fingerprint density at radius 2 is 1.76 bits per heavy atom. The highest BCUT2D eigenvalue weighted by Crippen LogP contribution is 2.39. The van der Waals surface area contributed by atoms with E-state index < -0.39 is 16.0 Å². The van der Waals surface area contributed by atoms with Crippen molar-refractivity contribution >= 4 is 51.0 Å². The van der Waals surface area contributed by atoms with Crippen molar-refractivity contribution in [3.05, 3.63) is 87.4 Å². The molecule has 0 heterocycles. The second-order valence-corrected chi connectivity index (χ2v) is 9.35. The molecule has 7 nitrogen and oxygen atoms in total. The van der Waals surface area contributed by atoms with Gasteiger partial charge in [-0.15, -0.1) is 0 Å². The third kappa shape index (κ3) is 5.88. The smallest absolute Gasteiger partial charge is 0.339 e. The molecule has 0 unspecified atom stereocenters. The summed E-state index contributed by atoms with van der Waals surface area (Å²) in [6, 6.07) is 17.2. The molecule has 34 heavy (non-hydrogen) atoms. The summed E-state index contributed by atoms with van der Waals surface area (Å²) < 4.78 is 35.8. The Hall–Kier alpha value is -3.51. The molecule has 0 saturated heterocycles. The van der Waals surface area contributed by atoms with Gasteiger partial charge in [-0.25, -0.2) is 0 Å². The number of ether oxygens (including phenoxy) is 1. The zero-order chi connectivity index (χ0) is 24.9. The molecule has 174 valence electrons. The predicted molar refractivity (Wildman–Crippen MR) is 131 cm³/mol. The van der Waals surface area contributed by atoms with Gasteiger partial charge in [0.2, 0.25) is 5.75 Å². The number of aryl methyl sites for hydroxylation is 1. The molecule has 3 aromatic carbocycles. The summed E-state index contributed by atoms with van der Waals surface area (Å²) in [4.78, 5) is 12.5. The zero-order valence-electron chi connectivity index (χ0n) is 18.0. The first kappa shape index (κ1) is 25.1. The van der Waals surface area contributed by atoms with Crippen molar-refractivity contribution in [2.75, 3.05) is 12.4 Å². The van der Waals surface area contributed by atoms with E-state index in [-0.39, 0.29) is 27.0 Å². The molecule has 1 amide bonds. The molecule has 0 aliphatic heterocycles. The maximum atomic E-state index is 12.6. The van der Waals surface area contributed by atoms with Crippen LogP contribution in [0.1, 0.15) is 11.1 Å². The lowest BCUT2D eigenvalue weighted by molar-refractivity contribution is -0.112. The van der Waals surface area contributed by atoms with E-state index in [0.717, 1.165) is 5.56 Å². The first-order valence-corrected chi connectivity index (χ1v) is 11.9. The van der Waals surface area contributed by atoms with Gasteiger partial charge in [0, 0.05) is 10.7 Å². The minimum atomic E-state index is -4.23. The van der Waals surface area contributed by atoms with Gasteiger partial charge in [-0.3, -0.25) is 4.79 Å². The highest BCUT2D eigenvalue weighted by molar-refractivity contribution is 7.87. The van der Waals surface area contributed by atoms with Crippen LogP contribution < -0.4 is 14.2 Å². The van der Waals surface area contributed by atoms with Gasteiger partial charge < -0.3 is 14.2 Å². The molecule has 1 N–H and O–H groups in total. The number of benzene rings is 3. The van der Waals surface area contributed by atoms with Crippen LogP contribution in [0.5, 0.6) is 11.5 Å². The van der Waals surface area contributed by atoms with Gasteiger partial charge in [0.25, 0.3) is 5.91 Å². The van der Waals surface area contributed by atoms with Crippen LogP contribution in [-0.4, -0.2) is 21.4 Å². The Kier molecular flexibility index (Phi) is 7.84. The van der Waals surface area contributed by atoms with Crippen molar-refractivity contribution in [3.63, 3.8) is 0 Å². The molecular weight excluding hydrogens is 499 g/mol. The number of nitrogens with one attached hydrogen (secondary N) is 1. The lowest BCUT2D eigenvalue weighted by atomic mass is 10.1. The molecule has 0 saturated carbocycles. The van der Waals surface area contributed by atoms with Crippen LogP contribution in [0, 0.1) is 18.3 Å². The topological polar surface area (TPSA) is 105 Å². The Bertz CT molecular complexity index is 1410. The van der Waals surface area contributed by atoms with Gasteiger partial charge in [0.05, 0.1) is 12.1 Å². The highest BCUT2D eigenvalue weighted by Gasteiger charge is 2.22. The van der Waals surface area contributed by atoms with Gasteiger partial charge in [-0.2, -0.15) is 13.7 Å². The number of nitrogens with zero attached hydrogens (tertiary/aromatic N) is 1. The number of carbonyl (C=O) groups is 1. The van der Waals surface area contributed by atoms with E-state index in [0.29, 0.717) is 16.3 Å². The quantitative estimate of drug-likeness (QED) is 0.248. The van der Waals surface area contributed by atoms with Crippen LogP contribution >= 0.6 is 23.2 Å². The van der Waals surface area contributed by atoms with Gasteiger partial charge in [0.15, 0.2) is 5.75 Å². The average molecular weight is 517 g/mol. The Labute approximate surface area is 207 Å². The van der Waals surface area contributed by atoms with Crippen molar-refractivity contribution in [1.82, 2.24) is 0 Å². The monoisotopic (exact) mass is 516 g/mol. The lowest BCUT2D eigenvalue weighted by Crippen LogP contribution is -2.14. The number of nitriles is 1. The fourth-order valence-corrected chi connectivity index (χ4v) is 4.27. The summed E-state index contributed by atoms with van der Waals surface area (Å²) in [7, 11) is -2.93. The zero-order valence-corrected chi connectivity index (χ0v) is 20.3. The van der Waals surface area contributed by atoms with E-state index in [2.05, 4.69) is 5.32 Å². The minimum absolute atomic E-state index is 0.00658.